The van der Waals surface area contributed by atoms with Crippen LogP contribution in [-0.2, 0) is 0 Å². The third-order valence-corrected chi connectivity index (χ3v) is 12.6. The SMILES string of the molecule is c1ccc2c(-c3ccc4c5ccccc5c5ccccc5c4c3)nc(-n3c4ccccc4c4cc(-c5cccc6c5sc5ccccc56)ccc43)cc2c1. The molecule has 0 aliphatic rings. The maximum Gasteiger partial charge on any atom is 0.138 e. The van der Waals surface area contributed by atoms with Gasteiger partial charge in [-0.3, -0.25) is 4.57 Å². The van der Waals surface area contributed by atoms with Gasteiger partial charge in [-0.25, -0.2) is 4.98 Å². The molecule has 0 unspecified atom stereocenters. The Balaban J connectivity index is 1.10. The number of thiophene rings is 1. The van der Waals surface area contributed by atoms with Crippen molar-refractivity contribution in [3.8, 4) is 28.2 Å². The van der Waals surface area contributed by atoms with Crippen LogP contribution in [0, 0.1) is 0 Å². The highest BCUT2D eigenvalue weighted by Crippen LogP contribution is 2.43. The molecular formula is C51H30N2S. The Morgan fingerprint density at radius 2 is 0.944 bits per heavy atom. The van der Waals surface area contributed by atoms with Crippen molar-refractivity contribution in [2.45, 2.75) is 0 Å². The maximum atomic E-state index is 5.57. The quantitative estimate of drug-likeness (QED) is 0.168. The second-order valence-electron chi connectivity index (χ2n) is 14.3. The van der Waals surface area contributed by atoms with Gasteiger partial charge in [-0.05, 0) is 85.2 Å². The van der Waals surface area contributed by atoms with E-state index in [0.29, 0.717) is 0 Å². The van der Waals surface area contributed by atoms with Crippen molar-refractivity contribution in [2.75, 3.05) is 0 Å². The van der Waals surface area contributed by atoms with Gasteiger partial charge >= 0.3 is 0 Å². The predicted molar refractivity (Wildman–Crippen MR) is 232 cm³/mol. The number of hydrogen-bond acceptors (Lipinski definition) is 2. The molecule has 0 N–H and O–H groups in total. The van der Waals surface area contributed by atoms with Gasteiger partial charge in [-0.1, -0.05) is 146 Å². The summed E-state index contributed by atoms with van der Waals surface area (Å²) in [6.07, 6.45) is 0. The number of fused-ring (bicyclic) bond motifs is 13. The van der Waals surface area contributed by atoms with E-state index >= 15 is 0 Å². The van der Waals surface area contributed by atoms with Crippen LogP contribution in [0.5, 0.6) is 0 Å². The monoisotopic (exact) mass is 702 g/mol. The number of aromatic nitrogens is 2. The summed E-state index contributed by atoms with van der Waals surface area (Å²) >= 11 is 1.88. The maximum absolute atomic E-state index is 5.57. The molecule has 0 fully saturated rings. The van der Waals surface area contributed by atoms with Gasteiger partial charge in [0.2, 0.25) is 0 Å². The molecule has 0 saturated carbocycles. The third kappa shape index (κ3) is 4.24. The zero-order valence-electron chi connectivity index (χ0n) is 29.1. The van der Waals surface area contributed by atoms with Crippen molar-refractivity contribution in [1.29, 1.82) is 0 Å². The third-order valence-electron chi connectivity index (χ3n) is 11.4. The summed E-state index contributed by atoms with van der Waals surface area (Å²) < 4.78 is 5.01. The van der Waals surface area contributed by atoms with E-state index in [1.807, 2.05) is 11.3 Å². The predicted octanol–water partition coefficient (Wildman–Crippen LogP) is 14.5. The van der Waals surface area contributed by atoms with E-state index in [4.69, 9.17) is 4.98 Å². The Morgan fingerprint density at radius 1 is 0.370 bits per heavy atom. The minimum atomic E-state index is 0.915. The molecule has 0 aliphatic carbocycles. The van der Waals surface area contributed by atoms with Crippen molar-refractivity contribution in [3.63, 3.8) is 0 Å². The highest BCUT2D eigenvalue weighted by molar-refractivity contribution is 7.26. The molecular weight excluding hydrogens is 673 g/mol. The fraction of sp³-hybridized carbons (Fsp3) is 0. The van der Waals surface area contributed by atoms with Gasteiger partial charge in [0, 0.05) is 41.9 Å². The summed E-state index contributed by atoms with van der Waals surface area (Å²) in [6, 6.07) is 66.6. The highest BCUT2D eigenvalue weighted by atomic mass is 32.1. The average Bonchev–Trinajstić information content (AvgIpc) is 3.79. The van der Waals surface area contributed by atoms with Crippen LogP contribution in [0.1, 0.15) is 0 Å². The van der Waals surface area contributed by atoms with Crippen molar-refractivity contribution in [1.82, 2.24) is 9.55 Å². The number of rotatable bonds is 3. The van der Waals surface area contributed by atoms with Crippen LogP contribution in [0.3, 0.4) is 0 Å². The Labute approximate surface area is 314 Å². The molecule has 0 atom stereocenters. The molecule has 0 aliphatic heterocycles. The first-order valence-corrected chi connectivity index (χ1v) is 19.3. The Bertz CT molecular complexity index is 3480. The van der Waals surface area contributed by atoms with Crippen LogP contribution in [-0.4, -0.2) is 9.55 Å². The van der Waals surface area contributed by atoms with E-state index in [2.05, 4.69) is 187 Å². The normalized spacial score (nSPS) is 12.1. The highest BCUT2D eigenvalue weighted by Gasteiger charge is 2.19. The van der Waals surface area contributed by atoms with Gasteiger partial charge in [0.05, 0.1) is 16.7 Å². The number of nitrogens with zero attached hydrogens (tertiary/aromatic N) is 2. The van der Waals surface area contributed by atoms with Crippen molar-refractivity contribution in [3.05, 3.63) is 182 Å². The molecule has 250 valence electrons. The van der Waals surface area contributed by atoms with E-state index < -0.39 is 0 Å². The fourth-order valence-corrected chi connectivity index (χ4v) is 10.2. The summed E-state index contributed by atoms with van der Waals surface area (Å²) in [4.78, 5) is 5.57. The van der Waals surface area contributed by atoms with E-state index in [9.17, 15) is 0 Å². The molecule has 12 aromatic rings. The molecule has 0 amide bonds. The van der Waals surface area contributed by atoms with Gasteiger partial charge in [0.15, 0.2) is 0 Å². The average molecular weight is 703 g/mol. The minimum Gasteiger partial charge on any atom is -0.294 e. The Kier molecular flexibility index (Phi) is 6.25. The van der Waals surface area contributed by atoms with Gasteiger partial charge in [-0.15, -0.1) is 11.3 Å². The lowest BCUT2D eigenvalue weighted by Gasteiger charge is -2.15. The largest absolute Gasteiger partial charge is 0.294 e. The number of benzene rings is 9. The van der Waals surface area contributed by atoms with Gasteiger partial charge in [-0.2, -0.15) is 0 Å². The molecule has 0 bridgehead atoms. The molecule has 0 saturated heterocycles. The second kappa shape index (κ2) is 11.3. The molecule has 54 heavy (non-hydrogen) atoms. The van der Waals surface area contributed by atoms with Crippen molar-refractivity contribution < 1.29 is 0 Å². The molecule has 0 spiro atoms. The van der Waals surface area contributed by atoms with Gasteiger partial charge < -0.3 is 0 Å². The summed E-state index contributed by atoms with van der Waals surface area (Å²) in [5, 5.41) is 15.0. The van der Waals surface area contributed by atoms with Crippen LogP contribution in [0.4, 0.5) is 0 Å². The van der Waals surface area contributed by atoms with Gasteiger partial charge in [0.1, 0.15) is 5.82 Å². The van der Waals surface area contributed by atoms with Crippen molar-refractivity contribution in [2.24, 2.45) is 0 Å². The number of pyridine rings is 1. The van der Waals surface area contributed by atoms with E-state index in [-0.39, 0.29) is 0 Å². The van der Waals surface area contributed by atoms with Crippen molar-refractivity contribution >= 4 is 96.4 Å². The van der Waals surface area contributed by atoms with Crippen LogP contribution < -0.4 is 0 Å². The minimum absolute atomic E-state index is 0.915. The molecule has 3 heterocycles. The summed E-state index contributed by atoms with van der Waals surface area (Å²) in [7, 11) is 0. The lowest BCUT2D eigenvalue weighted by molar-refractivity contribution is 1.09. The van der Waals surface area contributed by atoms with Crippen LogP contribution in [0.25, 0.3) is 113 Å². The number of para-hydroxylation sites is 1. The first-order valence-electron chi connectivity index (χ1n) is 18.5. The summed E-state index contributed by atoms with van der Waals surface area (Å²) in [5.74, 6) is 0.915. The zero-order chi connectivity index (χ0) is 35.3. The molecule has 3 aromatic heterocycles. The molecule has 9 aromatic carbocycles. The zero-order valence-corrected chi connectivity index (χ0v) is 29.9. The second-order valence-corrected chi connectivity index (χ2v) is 15.3. The van der Waals surface area contributed by atoms with Gasteiger partial charge in [0.25, 0.3) is 0 Å². The van der Waals surface area contributed by atoms with Crippen LogP contribution in [0.2, 0.25) is 0 Å². The Hall–Kier alpha value is -6.81. The molecule has 3 heteroatoms. The smallest absolute Gasteiger partial charge is 0.138 e. The van der Waals surface area contributed by atoms with E-state index in [1.54, 1.807) is 0 Å². The topological polar surface area (TPSA) is 17.8 Å². The fourth-order valence-electron chi connectivity index (χ4n) is 8.94. The first kappa shape index (κ1) is 29.7. The molecule has 0 radical (unpaired) electrons. The first-order chi connectivity index (χ1) is 26.8. The number of hydrogen-bond donors (Lipinski definition) is 0. The van der Waals surface area contributed by atoms with Crippen LogP contribution >= 0.6 is 11.3 Å². The van der Waals surface area contributed by atoms with E-state index in [1.165, 1.54) is 79.8 Å². The van der Waals surface area contributed by atoms with E-state index in [0.717, 1.165) is 33.5 Å². The summed E-state index contributed by atoms with van der Waals surface area (Å²) in [5.41, 5.74) is 6.89. The molecule has 2 nitrogen and oxygen atoms in total. The lowest BCUT2D eigenvalue weighted by Crippen LogP contribution is -2.00. The van der Waals surface area contributed by atoms with Crippen LogP contribution in [0.15, 0.2) is 182 Å². The molecule has 12 rings (SSSR count). The Morgan fingerprint density at radius 3 is 1.74 bits per heavy atom. The standard InChI is InChI=1S/C51H30N2S/c1-2-13-34-31(12-1)30-49(52-50(34)33-24-26-40-38-16-4-3-14-36(38)37-15-5-6-17-39(37)44(40)29-33)53-46-22-9-7-18-41(46)45-28-32(25-27-47(45)53)35-20-11-21-43-42-19-8-10-23-48(42)54-51(35)43/h1-30H. The lowest BCUT2D eigenvalue weighted by atomic mass is 9.92. The summed E-state index contributed by atoms with van der Waals surface area (Å²) in [6.45, 7) is 0.